The number of rotatable bonds is 2. The monoisotopic (exact) mass is 253 g/mol. The van der Waals surface area contributed by atoms with Gasteiger partial charge in [-0.25, -0.2) is 0 Å². The van der Waals surface area contributed by atoms with Crippen molar-refractivity contribution in [3.8, 4) is 5.75 Å². The molecule has 0 saturated heterocycles. The molecule has 1 atom stereocenters. The molecule has 1 heterocycles. The molecule has 0 saturated carbocycles. The number of carboxylic acid groups (broad SMARTS) is 1. The fraction of sp³-hybridized carbons (Fsp3) is 0.417. The van der Waals surface area contributed by atoms with Gasteiger partial charge in [0.2, 0.25) is 0 Å². The van der Waals surface area contributed by atoms with E-state index >= 15 is 0 Å². The van der Waals surface area contributed by atoms with Crippen LogP contribution in [0, 0.1) is 6.92 Å². The maximum absolute atomic E-state index is 11.1. The van der Waals surface area contributed by atoms with Gasteiger partial charge in [0.1, 0.15) is 11.0 Å². The van der Waals surface area contributed by atoms with Gasteiger partial charge >= 0.3 is 5.97 Å². The quantitative estimate of drug-likeness (QED) is 0.873. The van der Waals surface area contributed by atoms with Crippen LogP contribution in [-0.2, 0) is 4.79 Å². The SMILES string of the molecule is COc1ccc(C)c2c1N(C)CC(C(=O)O)S2. The third kappa shape index (κ3) is 2.07. The molecule has 0 spiro atoms. The van der Waals surface area contributed by atoms with Crippen LogP contribution >= 0.6 is 11.8 Å². The molecule has 1 aliphatic heterocycles. The molecule has 1 unspecified atom stereocenters. The van der Waals surface area contributed by atoms with Crippen LogP contribution in [0.4, 0.5) is 5.69 Å². The lowest BCUT2D eigenvalue weighted by Gasteiger charge is -2.33. The zero-order chi connectivity index (χ0) is 12.6. The number of benzene rings is 1. The first-order chi connectivity index (χ1) is 8.04. The molecule has 17 heavy (non-hydrogen) atoms. The molecule has 1 aliphatic rings. The maximum Gasteiger partial charge on any atom is 0.318 e. The maximum atomic E-state index is 11.1. The first-order valence-corrected chi connectivity index (χ1v) is 6.20. The minimum absolute atomic E-state index is 0.418. The van der Waals surface area contributed by atoms with Crippen LogP contribution in [0.25, 0.3) is 0 Å². The van der Waals surface area contributed by atoms with Crippen LogP contribution in [0.15, 0.2) is 17.0 Å². The Morgan fingerprint density at radius 2 is 2.29 bits per heavy atom. The predicted molar refractivity (Wildman–Crippen MR) is 68.3 cm³/mol. The summed E-state index contributed by atoms with van der Waals surface area (Å²) in [6.45, 7) is 2.48. The van der Waals surface area contributed by atoms with Gasteiger partial charge in [0.15, 0.2) is 0 Å². The summed E-state index contributed by atoms with van der Waals surface area (Å²) < 4.78 is 5.33. The number of methoxy groups -OCH3 is 1. The Hall–Kier alpha value is -1.36. The van der Waals surface area contributed by atoms with Gasteiger partial charge in [-0.1, -0.05) is 6.07 Å². The Bertz CT molecular complexity index is 461. The summed E-state index contributed by atoms with van der Waals surface area (Å²) in [5.74, 6) is 0.0270. The fourth-order valence-corrected chi connectivity index (χ4v) is 3.28. The average Bonchev–Trinajstić information content (AvgIpc) is 2.30. The number of carbonyl (C=O) groups is 1. The highest BCUT2D eigenvalue weighted by atomic mass is 32.2. The Morgan fingerprint density at radius 1 is 1.59 bits per heavy atom. The molecule has 0 amide bonds. The summed E-state index contributed by atoms with van der Waals surface area (Å²) in [6.07, 6.45) is 0. The lowest BCUT2D eigenvalue weighted by Crippen LogP contribution is -2.36. The van der Waals surface area contributed by atoms with Gasteiger partial charge in [-0.3, -0.25) is 4.79 Å². The van der Waals surface area contributed by atoms with E-state index in [9.17, 15) is 4.79 Å². The van der Waals surface area contributed by atoms with E-state index in [0.717, 1.165) is 21.9 Å². The molecule has 0 bridgehead atoms. The van der Waals surface area contributed by atoms with Gasteiger partial charge in [0.25, 0.3) is 0 Å². The van der Waals surface area contributed by atoms with E-state index in [0.29, 0.717) is 6.54 Å². The number of nitrogens with zero attached hydrogens (tertiary/aromatic N) is 1. The van der Waals surface area contributed by atoms with Crippen molar-refractivity contribution in [1.82, 2.24) is 0 Å². The highest BCUT2D eigenvalue weighted by Crippen LogP contribution is 2.45. The summed E-state index contributed by atoms with van der Waals surface area (Å²) in [5.41, 5.74) is 2.08. The third-order valence-corrected chi connectivity index (χ3v) is 4.25. The Morgan fingerprint density at radius 3 is 2.88 bits per heavy atom. The van der Waals surface area contributed by atoms with Gasteiger partial charge in [-0.15, -0.1) is 11.8 Å². The molecule has 5 heteroatoms. The number of anilines is 1. The van der Waals surface area contributed by atoms with Crippen LogP contribution in [0.5, 0.6) is 5.75 Å². The summed E-state index contributed by atoms with van der Waals surface area (Å²) in [5, 5.41) is 8.70. The zero-order valence-corrected chi connectivity index (χ0v) is 10.9. The van der Waals surface area contributed by atoms with E-state index in [-0.39, 0.29) is 0 Å². The lowest BCUT2D eigenvalue weighted by atomic mass is 10.1. The second-order valence-corrected chi connectivity index (χ2v) is 5.30. The summed E-state index contributed by atoms with van der Waals surface area (Å²) >= 11 is 1.40. The van der Waals surface area contributed by atoms with Gasteiger partial charge < -0.3 is 14.7 Å². The third-order valence-electron chi connectivity index (χ3n) is 2.87. The Kier molecular flexibility index (Phi) is 3.19. The standard InChI is InChI=1S/C12H15NO3S/c1-7-4-5-8(16-3)10-11(7)17-9(12(14)15)6-13(10)2/h4-5,9H,6H2,1-3H3,(H,14,15). The fourth-order valence-electron chi connectivity index (χ4n) is 1.98. The van der Waals surface area contributed by atoms with E-state index in [1.807, 2.05) is 31.0 Å². The minimum atomic E-state index is -0.769. The number of aryl methyl sites for hydroxylation is 1. The topological polar surface area (TPSA) is 49.8 Å². The van der Waals surface area contributed by atoms with Gasteiger partial charge in [0.05, 0.1) is 12.8 Å². The zero-order valence-electron chi connectivity index (χ0n) is 10.1. The highest BCUT2D eigenvalue weighted by Gasteiger charge is 2.31. The number of aliphatic carboxylic acids is 1. The van der Waals surface area contributed by atoms with Crippen molar-refractivity contribution in [2.24, 2.45) is 0 Å². The minimum Gasteiger partial charge on any atom is -0.495 e. The summed E-state index contributed by atoms with van der Waals surface area (Å²) in [4.78, 5) is 14.1. The Labute approximate surface area is 105 Å². The molecule has 0 aliphatic carbocycles. The number of thioether (sulfide) groups is 1. The second-order valence-electron chi connectivity index (χ2n) is 4.09. The molecular weight excluding hydrogens is 238 g/mol. The van der Waals surface area contributed by atoms with Crippen molar-refractivity contribution in [2.45, 2.75) is 17.1 Å². The van der Waals surface area contributed by atoms with Crippen molar-refractivity contribution in [3.63, 3.8) is 0 Å². The van der Waals surface area contributed by atoms with Crippen LogP contribution in [0.2, 0.25) is 0 Å². The van der Waals surface area contributed by atoms with Crippen LogP contribution in [-0.4, -0.2) is 37.0 Å². The molecule has 4 nitrogen and oxygen atoms in total. The van der Waals surface area contributed by atoms with Crippen molar-refractivity contribution < 1.29 is 14.6 Å². The van der Waals surface area contributed by atoms with Crippen LogP contribution in [0.1, 0.15) is 5.56 Å². The molecule has 1 N–H and O–H groups in total. The molecule has 0 fully saturated rings. The first kappa shape index (κ1) is 12.1. The number of hydrogen-bond acceptors (Lipinski definition) is 4. The van der Waals surface area contributed by atoms with E-state index in [2.05, 4.69) is 0 Å². The lowest BCUT2D eigenvalue weighted by molar-refractivity contribution is -0.136. The van der Waals surface area contributed by atoms with E-state index in [4.69, 9.17) is 9.84 Å². The van der Waals surface area contributed by atoms with E-state index in [1.54, 1.807) is 7.11 Å². The molecule has 1 aromatic rings. The smallest absolute Gasteiger partial charge is 0.318 e. The number of ether oxygens (including phenoxy) is 1. The van der Waals surface area contributed by atoms with Gasteiger partial charge in [-0.2, -0.15) is 0 Å². The van der Waals surface area contributed by atoms with Crippen molar-refractivity contribution in [3.05, 3.63) is 17.7 Å². The van der Waals surface area contributed by atoms with Crippen molar-refractivity contribution in [2.75, 3.05) is 25.6 Å². The van der Waals surface area contributed by atoms with Gasteiger partial charge in [-0.05, 0) is 18.6 Å². The average molecular weight is 253 g/mol. The summed E-state index contributed by atoms with van der Waals surface area (Å²) in [6, 6.07) is 3.88. The van der Waals surface area contributed by atoms with Crippen molar-refractivity contribution in [1.29, 1.82) is 0 Å². The molecule has 0 radical (unpaired) electrons. The van der Waals surface area contributed by atoms with E-state index in [1.165, 1.54) is 11.8 Å². The second kappa shape index (κ2) is 4.49. The molecular formula is C12H15NO3S. The van der Waals surface area contributed by atoms with Gasteiger partial charge in [0, 0.05) is 18.5 Å². The molecule has 0 aromatic heterocycles. The predicted octanol–water partition coefficient (Wildman–Crippen LogP) is 2.00. The first-order valence-electron chi connectivity index (χ1n) is 5.32. The van der Waals surface area contributed by atoms with Crippen molar-refractivity contribution >= 4 is 23.4 Å². The summed E-state index contributed by atoms with van der Waals surface area (Å²) in [7, 11) is 3.53. The van der Waals surface area contributed by atoms with Crippen LogP contribution < -0.4 is 9.64 Å². The van der Waals surface area contributed by atoms with Crippen LogP contribution in [0.3, 0.4) is 0 Å². The number of fused-ring (bicyclic) bond motifs is 1. The molecule has 92 valence electrons. The van der Waals surface area contributed by atoms with E-state index < -0.39 is 11.2 Å². The molecule has 2 rings (SSSR count). The highest BCUT2D eigenvalue weighted by molar-refractivity contribution is 8.01. The number of hydrogen-bond donors (Lipinski definition) is 1. The normalized spacial score (nSPS) is 18.8. The molecule has 1 aromatic carbocycles. The largest absolute Gasteiger partial charge is 0.495 e. The number of carboxylic acids is 1. The Balaban J connectivity index is 2.50.